The van der Waals surface area contributed by atoms with Gasteiger partial charge in [-0.2, -0.15) is 9.97 Å². The average Bonchev–Trinajstić information content (AvgIpc) is 2.98. The molecule has 0 spiro atoms. The number of nitrogens with zero attached hydrogens (tertiary/aromatic N) is 4. The van der Waals surface area contributed by atoms with Gasteiger partial charge < -0.3 is 31.2 Å². The van der Waals surface area contributed by atoms with E-state index in [1.165, 1.54) is 0 Å². The van der Waals surface area contributed by atoms with Crippen LogP contribution >= 0.6 is 0 Å². The summed E-state index contributed by atoms with van der Waals surface area (Å²) in [5.41, 5.74) is 17.0. The molecule has 0 unspecified atom stereocenters. The van der Waals surface area contributed by atoms with Crippen LogP contribution in [0.1, 0.15) is 20.7 Å². The molecule has 3 aromatic carbocycles. The first kappa shape index (κ1) is 27.5. The van der Waals surface area contributed by atoms with Crippen molar-refractivity contribution in [3.05, 3.63) is 108 Å². The van der Waals surface area contributed by atoms with Crippen LogP contribution in [0.3, 0.4) is 0 Å². The van der Waals surface area contributed by atoms with E-state index >= 15 is 0 Å². The van der Waals surface area contributed by atoms with Gasteiger partial charge in [0.1, 0.15) is 11.6 Å². The molecule has 0 radical (unpaired) electrons. The first-order valence-corrected chi connectivity index (χ1v) is 12.8. The maximum absolute atomic E-state index is 12.8. The van der Waals surface area contributed by atoms with E-state index in [1.807, 2.05) is 24.3 Å². The third-order valence-electron chi connectivity index (χ3n) is 6.64. The van der Waals surface area contributed by atoms with Crippen LogP contribution in [-0.4, -0.2) is 30.9 Å². The van der Waals surface area contributed by atoms with Crippen LogP contribution in [0.15, 0.2) is 85.2 Å². The Balaban J connectivity index is 1.21. The van der Waals surface area contributed by atoms with Gasteiger partial charge in [-0.05, 0) is 59.7 Å². The third kappa shape index (κ3) is 5.77. The molecule has 0 aliphatic rings. The predicted octanol–water partition coefficient (Wildman–Crippen LogP) is 3.12. The van der Waals surface area contributed by atoms with E-state index in [0.29, 0.717) is 33.6 Å². The summed E-state index contributed by atoms with van der Waals surface area (Å²) in [5.74, 6) is -0.137. The molecule has 210 valence electrons. The van der Waals surface area contributed by atoms with Crippen molar-refractivity contribution >= 4 is 34.8 Å². The monoisotopic (exact) mass is 560 g/mol. The summed E-state index contributed by atoms with van der Waals surface area (Å²) in [6, 6.07) is 20.6. The van der Waals surface area contributed by atoms with Crippen LogP contribution in [0.25, 0.3) is 22.3 Å². The van der Waals surface area contributed by atoms with Gasteiger partial charge in [-0.25, -0.2) is 0 Å². The lowest BCUT2D eigenvalue weighted by molar-refractivity contribution is 0.101. The summed E-state index contributed by atoms with van der Waals surface area (Å²) in [6.45, 7) is 0. The molecule has 5 rings (SSSR count). The number of aryl methyl sites for hydroxylation is 2. The minimum Gasteiger partial charge on any atom is -0.383 e. The van der Waals surface area contributed by atoms with E-state index in [1.54, 1.807) is 84.2 Å². The molecule has 2 amide bonds. The largest absolute Gasteiger partial charge is 0.383 e. The molecule has 12 nitrogen and oxygen atoms in total. The highest BCUT2D eigenvalue weighted by atomic mass is 16.2. The van der Waals surface area contributed by atoms with Crippen LogP contribution in [0.2, 0.25) is 0 Å². The predicted molar refractivity (Wildman–Crippen MR) is 160 cm³/mol. The Morgan fingerprint density at radius 1 is 0.619 bits per heavy atom. The fourth-order valence-corrected chi connectivity index (χ4v) is 4.24. The van der Waals surface area contributed by atoms with E-state index in [9.17, 15) is 9.59 Å². The Bertz CT molecular complexity index is 1780. The van der Waals surface area contributed by atoms with Crippen LogP contribution in [0.5, 0.6) is 0 Å². The molecule has 2 aromatic heterocycles. The van der Waals surface area contributed by atoms with Gasteiger partial charge in [0.05, 0.1) is 0 Å². The molecule has 42 heavy (non-hydrogen) atoms. The lowest BCUT2D eigenvalue weighted by atomic mass is 10.1. The van der Waals surface area contributed by atoms with Crippen molar-refractivity contribution < 1.29 is 9.59 Å². The van der Waals surface area contributed by atoms with E-state index in [2.05, 4.69) is 20.6 Å². The van der Waals surface area contributed by atoms with Crippen molar-refractivity contribution in [2.45, 2.75) is 0 Å². The molecule has 5 aromatic rings. The van der Waals surface area contributed by atoms with Gasteiger partial charge >= 0.3 is 0 Å². The van der Waals surface area contributed by atoms with Crippen LogP contribution in [0.4, 0.5) is 23.0 Å². The molecule has 0 saturated carbocycles. The third-order valence-corrected chi connectivity index (χ3v) is 6.64. The van der Waals surface area contributed by atoms with Crippen LogP contribution < -0.4 is 33.3 Å². The van der Waals surface area contributed by atoms with Gasteiger partial charge in [-0.3, -0.25) is 20.4 Å². The van der Waals surface area contributed by atoms with Crippen molar-refractivity contribution in [1.29, 1.82) is 10.8 Å². The van der Waals surface area contributed by atoms with Gasteiger partial charge in [0.2, 0.25) is 11.2 Å². The highest BCUT2D eigenvalue weighted by Gasteiger charge is 2.12. The standard InChI is InChI=1S/C30H28N10O2/c1-39-15-23(25(31)37-29(39)33)17-7-11-21(12-8-17)35-27(41)19-3-5-20(6-4-19)28(42)36-22-13-9-18(10-14-22)24-16-40(2)30(34)38-26(24)32/h3-16H,1-2H3,(H,35,41)(H,36,42)(H3,31,33,37)(H3,32,34,38). The number of hydrogen-bond donors (Lipinski definition) is 6. The van der Waals surface area contributed by atoms with Crippen LogP contribution in [-0.2, 0) is 14.1 Å². The van der Waals surface area contributed by atoms with Gasteiger partial charge in [0.15, 0.2) is 0 Å². The number of nitrogens with two attached hydrogens (primary N) is 2. The summed E-state index contributed by atoms with van der Waals surface area (Å²) < 4.78 is 3.13. The number of rotatable bonds is 6. The Morgan fingerprint density at radius 3 is 1.29 bits per heavy atom. The normalized spacial score (nSPS) is 10.7. The van der Waals surface area contributed by atoms with Crippen molar-refractivity contribution in [2.75, 3.05) is 22.1 Å². The number of nitrogen functional groups attached to an aromatic ring is 2. The summed E-state index contributed by atoms with van der Waals surface area (Å²) in [7, 11) is 3.44. The van der Waals surface area contributed by atoms with E-state index < -0.39 is 0 Å². The molecule has 8 N–H and O–H groups in total. The lowest BCUT2D eigenvalue weighted by Crippen LogP contribution is -2.21. The fourth-order valence-electron chi connectivity index (χ4n) is 4.24. The fraction of sp³-hybridized carbons (Fsp3) is 0.0667. The molecule has 12 heteroatoms. The van der Waals surface area contributed by atoms with E-state index in [0.717, 1.165) is 11.1 Å². The van der Waals surface area contributed by atoms with Gasteiger partial charge in [-0.1, -0.05) is 24.3 Å². The van der Waals surface area contributed by atoms with E-state index in [4.69, 9.17) is 22.3 Å². The quantitative estimate of drug-likeness (QED) is 0.185. The molecule has 0 aliphatic carbocycles. The topological polar surface area (TPSA) is 194 Å². The molecule has 0 aliphatic heterocycles. The molecule has 0 fully saturated rings. The number of anilines is 4. The Morgan fingerprint density at radius 2 is 0.952 bits per heavy atom. The van der Waals surface area contributed by atoms with Gasteiger partial charge in [-0.15, -0.1) is 0 Å². The smallest absolute Gasteiger partial charge is 0.255 e. The number of aromatic nitrogens is 4. The number of nitrogens with one attached hydrogen (secondary N) is 4. The average molecular weight is 561 g/mol. The van der Waals surface area contributed by atoms with Crippen molar-refractivity contribution in [3.8, 4) is 22.3 Å². The molecular weight excluding hydrogens is 532 g/mol. The van der Waals surface area contributed by atoms with Gasteiger partial charge in [0.25, 0.3) is 11.8 Å². The molecule has 2 heterocycles. The van der Waals surface area contributed by atoms with Crippen molar-refractivity contribution in [1.82, 2.24) is 19.1 Å². The molecule has 0 saturated heterocycles. The van der Waals surface area contributed by atoms with Crippen molar-refractivity contribution in [2.24, 2.45) is 14.1 Å². The Labute approximate surface area is 240 Å². The number of hydrogen-bond acceptors (Lipinski definition) is 8. The Hall–Kier alpha value is -6.04. The first-order chi connectivity index (χ1) is 20.1. The highest BCUT2D eigenvalue weighted by molar-refractivity contribution is 6.07. The Kier molecular flexibility index (Phi) is 7.35. The zero-order chi connectivity index (χ0) is 30.0. The molecule has 0 atom stereocenters. The second kappa shape index (κ2) is 11.2. The highest BCUT2D eigenvalue weighted by Crippen LogP contribution is 2.26. The SMILES string of the molecule is Cn1cc(-c2ccc(NC(=O)c3ccc(C(=O)Nc4ccc(-c5cn(C)c(=N)nc5N)cc4)cc3)cc2)c(N)nc1=N. The maximum Gasteiger partial charge on any atom is 0.255 e. The second-order valence-corrected chi connectivity index (χ2v) is 9.59. The second-order valence-electron chi connectivity index (χ2n) is 9.59. The lowest BCUT2D eigenvalue weighted by Gasteiger charge is -2.10. The first-order valence-electron chi connectivity index (χ1n) is 12.8. The zero-order valence-electron chi connectivity index (χ0n) is 22.8. The number of carbonyl (C=O) groups excluding carboxylic acids is 2. The zero-order valence-corrected chi connectivity index (χ0v) is 22.8. The van der Waals surface area contributed by atoms with Gasteiger partial charge in [0, 0.05) is 60.1 Å². The summed E-state index contributed by atoms with van der Waals surface area (Å²) in [5, 5.41) is 21.2. The van der Waals surface area contributed by atoms with Crippen LogP contribution in [0, 0.1) is 10.8 Å². The maximum atomic E-state index is 12.8. The molecule has 0 bridgehead atoms. The summed E-state index contributed by atoms with van der Waals surface area (Å²) in [6.07, 6.45) is 3.47. The summed E-state index contributed by atoms with van der Waals surface area (Å²) in [4.78, 5) is 33.6. The van der Waals surface area contributed by atoms with Crippen molar-refractivity contribution in [3.63, 3.8) is 0 Å². The minimum absolute atomic E-state index is 0.0595. The summed E-state index contributed by atoms with van der Waals surface area (Å²) >= 11 is 0. The number of carbonyl (C=O) groups is 2. The van der Waals surface area contributed by atoms with E-state index in [-0.39, 0.29) is 34.7 Å². The molecular formula is C30H28N10O2. The minimum atomic E-state index is -0.322. The number of amides is 2. The number of benzene rings is 3.